The zero-order valence-corrected chi connectivity index (χ0v) is 11.6. The minimum atomic E-state index is -0.218. The van der Waals surface area contributed by atoms with E-state index in [2.05, 4.69) is 10.5 Å². The van der Waals surface area contributed by atoms with Crippen molar-refractivity contribution < 1.29 is 9.47 Å². The van der Waals surface area contributed by atoms with Crippen LogP contribution < -0.4 is 10.2 Å². The normalized spacial score (nSPS) is 17.1. The van der Waals surface area contributed by atoms with E-state index in [-0.39, 0.29) is 11.8 Å². The fraction of sp³-hybridized carbons (Fsp3) is 0.400. The largest absolute Gasteiger partial charge is 0.491 e. The molecule has 6 heteroatoms. The Morgan fingerprint density at radius 3 is 2.67 bits per heavy atom. The van der Waals surface area contributed by atoms with Crippen LogP contribution in [-0.2, 0) is 4.74 Å². The van der Waals surface area contributed by atoms with Crippen LogP contribution in [0.1, 0.15) is 19.3 Å². The highest BCUT2D eigenvalue weighted by molar-refractivity contribution is 6.10. The molecular formula is C15H16N4O2. The summed E-state index contributed by atoms with van der Waals surface area (Å²) in [5.41, 5.74) is 3.10. The second-order valence-corrected chi connectivity index (χ2v) is 4.62. The van der Waals surface area contributed by atoms with Gasteiger partial charge in [0, 0.05) is 6.61 Å². The lowest BCUT2D eigenvalue weighted by Gasteiger charge is -2.22. The fourth-order valence-electron chi connectivity index (χ4n) is 1.95. The summed E-state index contributed by atoms with van der Waals surface area (Å²) < 4.78 is 11.3. The van der Waals surface area contributed by atoms with E-state index >= 15 is 0 Å². The number of anilines is 1. The Kier molecular flexibility index (Phi) is 5.57. The summed E-state index contributed by atoms with van der Waals surface area (Å²) in [6.07, 6.45) is 3.54. The molecule has 0 amide bonds. The standard InChI is InChI=1S/C15H16N4O2/c16-9-13(10-17)19-18-12-4-6-14(7-5-12)21-11-15-3-1-2-8-20-15/h4-7,15,18H,1-3,8,11H2. The SMILES string of the molecule is N#CC(C#N)=NNc1ccc(OCC2CCCCO2)cc1. The van der Waals surface area contributed by atoms with Crippen molar-refractivity contribution in [2.45, 2.75) is 25.4 Å². The molecule has 1 aromatic rings. The van der Waals surface area contributed by atoms with E-state index in [1.165, 1.54) is 6.42 Å². The van der Waals surface area contributed by atoms with Crippen LogP contribution in [-0.4, -0.2) is 25.0 Å². The predicted molar refractivity (Wildman–Crippen MR) is 77.8 cm³/mol. The van der Waals surface area contributed by atoms with E-state index in [1.807, 2.05) is 0 Å². The number of ether oxygens (including phenoxy) is 2. The van der Waals surface area contributed by atoms with Crippen molar-refractivity contribution in [3.05, 3.63) is 24.3 Å². The lowest BCUT2D eigenvalue weighted by molar-refractivity contribution is -0.0110. The van der Waals surface area contributed by atoms with Crippen LogP contribution >= 0.6 is 0 Å². The third-order valence-electron chi connectivity index (χ3n) is 3.07. The molecule has 1 heterocycles. The average molecular weight is 284 g/mol. The molecule has 1 atom stereocenters. The summed E-state index contributed by atoms with van der Waals surface area (Å²) in [5, 5.41) is 20.8. The van der Waals surface area contributed by atoms with Gasteiger partial charge >= 0.3 is 0 Å². The summed E-state index contributed by atoms with van der Waals surface area (Å²) in [6, 6.07) is 10.5. The Morgan fingerprint density at radius 2 is 2.05 bits per heavy atom. The lowest BCUT2D eigenvalue weighted by atomic mass is 10.1. The van der Waals surface area contributed by atoms with Crippen LogP contribution in [0.25, 0.3) is 0 Å². The molecule has 0 spiro atoms. The molecule has 2 rings (SSSR count). The third kappa shape index (κ3) is 4.79. The van der Waals surface area contributed by atoms with Crippen molar-refractivity contribution in [1.82, 2.24) is 0 Å². The first-order valence-electron chi connectivity index (χ1n) is 6.80. The number of hydrazone groups is 1. The topological polar surface area (TPSA) is 90.4 Å². The molecule has 108 valence electrons. The van der Waals surface area contributed by atoms with Gasteiger partial charge in [-0.2, -0.15) is 15.6 Å². The second kappa shape index (κ2) is 7.88. The zero-order valence-electron chi connectivity index (χ0n) is 11.6. The molecule has 1 aromatic carbocycles. The molecule has 0 bridgehead atoms. The minimum absolute atomic E-state index is 0.176. The van der Waals surface area contributed by atoms with Gasteiger partial charge in [-0.05, 0) is 43.5 Å². The monoisotopic (exact) mass is 284 g/mol. The number of hydrogen-bond donors (Lipinski definition) is 1. The van der Waals surface area contributed by atoms with Gasteiger partial charge in [0.15, 0.2) is 0 Å². The van der Waals surface area contributed by atoms with Crippen LogP contribution in [0.3, 0.4) is 0 Å². The molecule has 1 N–H and O–H groups in total. The van der Waals surface area contributed by atoms with Gasteiger partial charge in [0.1, 0.15) is 24.5 Å². The highest BCUT2D eigenvalue weighted by atomic mass is 16.5. The summed E-state index contributed by atoms with van der Waals surface area (Å²) in [4.78, 5) is 0. The van der Waals surface area contributed by atoms with Gasteiger partial charge in [0.05, 0.1) is 11.8 Å². The second-order valence-electron chi connectivity index (χ2n) is 4.62. The third-order valence-corrected chi connectivity index (χ3v) is 3.07. The van der Waals surface area contributed by atoms with Crippen LogP contribution in [0.5, 0.6) is 5.75 Å². The molecule has 1 fully saturated rings. The molecule has 0 aromatic heterocycles. The van der Waals surface area contributed by atoms with Gasteiger partial charge in [-0.25, -0.2) is 0 Å². The van der Waals surface area contributed by atoms with E-state index in [0.29, 0.717) is 12.3 Å². The van der Waals surface area contributed by atoms with E-state index in [1.54, 1.807) is 36.4 Å². The van der Waals surface area contributed by atoms with Crippen LogP contribution in [0, 0.1) is 22.7 Å². The van der Waals surface area contributed by atoms with Crippen molar-refractivity contribution in [1.29, 1.82) is 10.5 Å². The maximum Gasteiger partial charge on any atom is 0.237 e. The van der Waals surface area contributed by atoms with E-state index in [4.69, 9.17) is 20.0 Å². The van der Waals surface area contributed by atoms with Crippen molar-refractivity contribution in [3.8, 4) is 17.9 Å². The van der Waals surface area contributed by atoms with Gasteiger partial charge in [0.2, 0.25) is 5.71 Å². The molecule has 1 saturated heterocycles. The molecule has 0 aliphatic carbocycles. The zero-order chi connectivity index (χ0) is 14.9. The first kappa shape index (κ1) is 14.8. The van der Waals surface area contributed by atoms with E-state index in [9.17, 15) is 0 Å². The smallest absolute Gasteiger partial charge is 0.237 e. The van der Waals surface area contributed by atoms with Gasteiger partial charge < -0.3 is 9.47 Å². The minimum Gasteiger partial charge on any atom is -0.491 e. The molecule has 0 radical (unpaired) electrons. The fourth-order valence-corrected chi connectivity index (χ4v) is 1.95. The van der Waals surface area contributed by atoms with Gasteiger partial charge in [-0.15, -0.1) is 0 Å². The summed E-state index contributed by atoms with van der Waals surface area (Å²) in [6.45, 7) is 1.37. The summed E-state index contributed by atoms with van der Waals surface area (Å²) in [5.74, 6) is 0.750. The number of benzene rings is 1. The van der Waals surface area contributed by atoms with E-state index in [0.717, 1.165) is 25.2 Å². The van der Waals surface area contributed by atoms with E-state index < -0.39 is 0 Å². The molecule has 1 unspecified atom stereocenters. The van der Waals surface area contributed by atoms with Gasteiger partial charge in [-0.1, -0.05) is 0 Å². The summed E-state index contributed by atoms with van der Waals surface area (Å²) >= 11 is 0. The Morgan fingerprint density at radius 1 is 1.29 bits per heavy atom. The predicted octanol–water partition coefficient (Wildman–Crippen LogP) is 2.45. The molecule has 6 nitrogen and oxygen atoms in total. The number of hydrogen-bond acceptors (Lipinski definition) is 6. The van der Waals surface area contributed by atoms with Crippen LogP contribution in [0.2, 0.25) is 0 Å². The number of rotatable bonds is 5. The number of nitriles is 2. The van der Waals surface area contributed by atoms with Crippen LogP contribution in [0.4, 0.5) is 5.69 Å². The van der Waals surface area contributed by atoms with Crippen molar-refractivity contribution in [3.63, 3.8) is 0 Å². The average Bonchev–Trinajstić information content (AvgIpc) is 2.56. The summed E-state index contributed by atoms with van der Waals surface area (Å²) in [7, 11) is 0. The number of nitrogens with one attached hydrogen (secondary N) is 1. The maximum absolute atomic E-state index is 8.57. The quantitative estimate of drug-likeness (QED) is 0.662. The highest BCUT2D eigenvalue weighted by Crippen LogP contribution is 2.18. The highest BCUT2D eigenvalue weighted by Gasteiger charge is 2.14. The Balaban J connectivity index is 1.83. The van der Waals surface area contributed by atoms with Crippen molar-refractivity contribution >= 4 is 11.4 Å². The molecule has 1 aliphatic heterocycles. The number of nitrogens with zero attached hydrogens (tertiary/aromatic N) is 3. The first-order chi connectivity index (χ1) is 10.3. The Labute approximate surface area is 123 Å². The molecule has 21 heavy (non-hydrogen) atoms. The van der Waals surface area contributed by atoms with Crippen molar-refractivity contribution in [2.75, 3.05) is 18.6 Å². The maximum atomic E-state index is 8.57. The lowest BCUT2D eigenvalue weighted by Crippen LogP contribution is -2.25. The Bertz CT molecular complexity index is 547. The first-order valence-corrected chi connectivity index (χ1v) is 6.80. The Hall–Kier alpha value is -2.57. The van der Waals surface area contributed by atoms with Gasteiger partial charge in [-0.3, -0.25) is 5.43 Å². The van der Waals surface area contributed by atoms with Gasteiger partial charge in [0.25, 0.3) is 0 Å². The molecular weight excluding hydrogens is 268 g/mol. The van der Waals surface area contributed by atoms with Crippen LogP contribution in [0.15, 0.2) is 29.4 Å². The molecule has 0 saturated carbocycles. The van der Waals surface area contributed by atoms with Crippen molar-refractivity contribution in [2.24, 2.45) is 5.10 Å². The molecule has 1 aliphatic rings.